The van der Waals surface area contributed by atoms with E-state index in [1.165, 1.54) is 11.8 Å². The number of fused-ring (bicyclic) bond motifs is 2. The summed E-state index contributed by atoms with van der Waals surface area (Å²) >= 11 is 0. The van der Waals surface area contributed by atoms with Gasteiger partial charge in [-0.05, 0) is 67.5 Å². The summed E-state index contributed by atoms with van der Waals surface area (Å²) < 4.78 is 5.56. The Morgan fingerprint density at radius 3 is 2.08 bits per heavy atom. The van der Waals surface area contributed by atoms with Crippen LogP contribution in [0.5, 0.6) is 0 Å². The first-order valence-electron chi connectivity index (χ1n) is 14.0. The highest BCUT2D eigenvalue weighted by atomic mass is 16.6. The number of carbonyl (C=O) groups excluding carboxylic acids is 2. The van der Waals surface area contributed by atoms with E-state index in [-0.39, 0.29) is 17.3 Å². The smallest absolute Gasteiger partial charge is 0.416 e. The molecule has 8 heteroatoms. The molecule has 2 amide bonds. The minimum absolute atomic E-state index is 0.103. The lowest BCUT2D eigenvalue weighted by Gasteiger charge is -2.44. The number of carboxylic acid groups (broad SMARTS) is 1. The zero-order valence-corrected chi connectivity index (χ0v) is 25.3. The van der Waals surface area contributed by atoms with Crippen molar-refractivity contribution in [3.05, 3.63) is 58.1 Å². The highest BCUT2D eigenvalue weighted by Gasteiger charge is 2.43. The molecule has 4 rings (SSSR count). The lowest BCUT2D eigenvalue weighted by Crippen LogP contribution is -2.49. The molecular weight excluding hydrogens is 506 g/mol. The number of nitrogens with zero attached hydrogens (tertiary/aromatic N) is 3. The van der Waals surface area contributed by atoms with Gasteiger partial charge in [0.1, 0.15) is 5.60 Å². The summed E-state index contributed by atoms with van der Waals surface area (Å²) in [5.41, 5.74) is 4.52. The van der Waals surface area contributed by atoms with Gasteiger partial charge >= 0.3 is 12.2 Å². The van der Waals surface area contributed by atoms with Crippen LogP contribution < -0.4 is 4.90 Å². The number of ether oxygens (including phenoxy) is 1. The number of anilines is 2. The molecule has 1 N–H and O–H groups in total. The van der Waals surface area contributed by atoms with Gasteiger partial charge in [0, 0.05) is 43.7 Å². The molecule has 0 unspecified atom stereocenters. The molecule has 1 fully saturated rings. The van der Waals surface area contributed by atoms with Crippen LogP contribution in [0.15, 0.2) is 30.3 Å². The van der Waals surface area contributed by atoms with Gasteiger partial charge in [0.25, 0.3) is 0 Å². The summed E-state index contributed by atoms with van der Waals surface area (Å²) in [5.74, 6) is -0.103. The van der Waals surface area contributed by atoms with Crippen molar-refractivity contribution in [3.63, 3.8) is 0 Å². The lowest BCUT2D eigenvalue weighted by atomic mass is 9.66. The zero-order valence-electron chi connectivity index (χ0n) is 25.3. The van der Waals surface area contributed by atoms with E-state index in [0.29, 0.717) is 36.6 Å². The molecule has 0 aromatic heterocycles. The van der Waals surface area contributed by atoms with E-state index < -0.39 is 17.1 Å². The Morgan fingerprint density at radius 1 is 0.925 bits per heavy atom. The van der Waals surface area contributed by atoms with Crippen molar-refractivity contribution in [2.24, 2.45) is 0 Å². The molecule has 216 valence electrons. The Bertz CT molecular complexity index is 1340. The van der Waals surface area contributed by atoms with E-state index in [2.05, 4.69) is 39.5 Å². The molecular formula is C32H43N3O5. The Hall–Kier alpha value is -3.39. The first-order valence-corrected chi connectivity index (χ1v) is 14.0. The van der Waals surface area contributed by atoms with Crippen molar-refractivity contribution >= 4 is 29.3 Å². The number of hydrogen-bond acceptors (Lipinski definition) is 5. The first-order chi connectivity index (χ1) is 18.4. The second kappa shape index (κ2) is 10.2. The molecule has 40 heavy (non-hydrogen) atoms. The van der Waals surface area contributed by atoms with Gasteiger partial charge in [-0.1, -0.05) is 52.8 Å². The van der Waals surface area contributed by atoms with Crippen molar-refractivity contribution in [3.8, 4) is 0 Å². The van der Waals surface area contributed by atoms with E-state index in [1.54, 1.807) is 17.0 Å². The van der Waals surface area contributed by atoms with Crippen LogP contribution in [0.3, 0.4) is 0 Å². The standard InChI is InChI=1S/C32H43N3O5/c1-20(36)21-10-12-23-25(18-21)35(28(37)38)24-13-11-22(26(30(2,3)4)27(24)32(23,8)9)19-33-14-16-34(17-15-33)29(39)40-31(5,6)7/h10-13,18H,14-17,19H2,1-9H3,(H,37,38). The van der Waals surface area contributed by atoms with Crippen molar-refractivity contribution in [1.82, 2.24) is 9.80 Å². The van der Waals surface area contributed by atoms with Gasteiger partial charge in [-0.3, -0.25) is 9.69 Å². The zero-order chi connectivity index (χ0) is 29.8. The summed E-state index contributed by atoms with van der Waals surface area (Å²) in [6.07, 6.45) is -1.36. The maximum absolute atomic E-state index is 12.7. The highest BCUT2D eigenvalue weighted by molar-refractivity contribution is 6.02. The average Bonchev–Trinajstić information content (AvgIpc) is 2.82. The van der Waals surface area contributed by atoms with E-state index >= 15 is 0 Å². The van der Waals surface area contributed by atoms with E-state index in [0.717, 1.165) is 35.3 Å². The highest BCUT2D eigenvalue weighted by Crippen LogP contribution is 2.53. The van der Waals surface area contributed by atoms with E-state index in [9.17, 15) is 19.5 Å². The fourth-order valence-corrected chi connectivity index (χ4v) is 6.03. The number of carbonyl (C=O) groups is 3. The molecule has 0 radical (unpaired) electrons. The Labute approximate surface area is 237 Å². The van der Waals surface area contributed by atoms with Crippen LogP contribution in [-0.2, 0) is 22.1 Å². The quantitative estimate of drug-likeness (QED) is 0.429. The number of benzene rings is 2. The average molecular weight is 550 g/mol. The summed E-state index contributed by atoms with van der Waals surface area (Å²) in [6.45, 7) is 21.2. The van der Waals surface area contributed by atoms with Gasteiger partial charge in [-0.2, -0.15) is 0 Å². The topological polar surface area (TPSA) is 90.4 Å². The van der Waals surface area contributed by atoms with Crippen LogP contribution >= 0.6 is 0 Å². The van der Waals surface area contributed by atoms with Gasteiger partial charge in [0.05, 0.1) is 11.4 Å². The van der Waals surface area contributed by atoms with Crippen LogP contribution in [0.4, 0.5) is 21.0 Å². The fourth-order valence-electron chi connectivity index (χ4n) is 6.03. The van der Waals surface area contributed by atoms with Crippen molar-refractivity contribution in [1.29, 1.82) is 0 Å². The lowest BCUT2D eigenvalue weighted by molar-refractivity contribution is 0.0138. The molecule has 0 spiro atoms. The number of amides is 2. The molecule has 2 aromatic carbocycles. The maximum atomic E-state index is 12.7. The molecule has 0 aliphatic carbocycles. The predicted molar refractivity (Wildman–Crippen MR) is 157 cm³/mol. The number of ketones is 1. The molecule has 0 atom stereocenters. The van der Waals surface area contributed by atoms with Gasteiger partial charge in [0.2, 0.25) is 0 Å². The number of hydrogen-bond donors (Lipinski definition) is 1. The molecule has 2 aliphatic rings. The van der Waals surface area contributed by atoms with Crippen LogP contribution in [0.1, 0.15) is 94.9 Å². The third-order valence-corrected chi connectivity index (χ3v) is 7.81. The van der Waals surface area contributed by atoms with Crippen LogP contribution in [0.25, 0.3) is 0 Å². The minimum Gasteiger partial charge on any atom is -0.464 e. The van der Waals surface area contributed by atoms with E-state index in [4.69, 9.17) is 4.74 Å². The summed E-state index contributed by atoms with van der Waals surface area (Å²) in [4.78, 5) is 42.8. The monoisotopic (exact) mass is 549 g/mol. The Morgan fingerprint density at radius 2 is 1.55 bits per heavy atom. The largest absolute Gasteiger partial charge is 0.464 e. The molecule has 2 heterocycles. The fraction of sp³-hybridized carbons (Fsp3) is 0.531. The second-order valence-corrected chi connectivity index (χ2v) is 13.5. The first kappa shape index (κ1) is 29.6. The summed E-state index contributed by atoms with van der Waals surface area (Å²) in [7, 11) is 0. The van der Waals surface area contributed by atoms with Crippen LogP contribution in [-0.4, -0.2) is 64.7 Å². The number of Topliss-reactive ketones (excluding diaryl/α,β-unsaturated/α-hetero) is 1. The van der Waals surface area contributed by atoms with Crippen molar-refractivity contribution in [2.45, 2.75) is 85.3 Å². The molecule has 8 nitrogen and oxygen atoms in total. The summed E-state index contributed by atoms with van der Waals surface area (Å²) in [5, 5.41) is 10.4. The van der Waals surface area contributed by atoms with Crippen LogP contribution in [0, 0.1) is 0 Å². The SMILES string of the molecule is CC(=O)c1ccc2c(c1)N(C(=O)O)c1ccc(CN3CCN(C(=O)OC(C)(C)C)CC3)c(C(C)(C)C)c1C2(C)C. The minimum atomic E-state index is -1.08. The van der Waals surface area contributed by atoms with Gasteiger partial charge < -0.3 is 14.7 Å². The second-order valence-electron chi connectivity index (χ2n) is 13.5. The number of rotatable bonds is 3. The van der Waals surface area contributed by atoms with E-state index in [1.807, 2.05) is 39.0 Å². The summed E-state index contributed by atoms with van der Waals surface area (Å²) in [6, 6.07) is 9.35. The maximum Gasteiger partial charge on any atom is 0.416 e. The van der Waals surface area contributed by atoms with Crippen LogP contribution in [0.2, 0.25) is 0 Å². The number of piperazine rings is 1. The Kier molecular flexibility index (Phi) is 7.56. The Balaban J connectivity index is 1.74. The molecule has 1 saturated heterocycles. The normalized spacial score (nSPS) is 17.2. The third-order valence-electron chi connectivity index (χ3n) is 7.81. The molecule has 0 bridgehead atoms. The third kappa shape index (κ3) is 5.59. The van der Waals surface area contributed by atoms with Crippen molar-refractivity contribution in [2.75, 3.05) is 31.1 Å². The molecule has 0 saturated carbocycles. The van der Waals surface area contributed by atoms with Gasteiger partial charge in [0.15, 0.2) is 5.78 Å². The predicted octanol–water partition coefficient (Wildman–Crippen LogP) is 6.69. The van der Waals surface area contributed by atoms with Gasteiger partial charge in [-0.15, -0.1) is 0 Å². The molecule has 2 aliphatic heterocycles. The molecule has 2 aromatic rings. The van der Waals surface area contributed by atoms with Gasteiger partial charge in [-0.25, -0.2) is 14.5 Å². The van der Waals surface area contributed by atoms with Crippen molar-refractivity contribution < 1.29 is 24.2 Å².